The van der Waals surface area contributed by atoms with Crippen molar-refractivity contribution in [2.24, 2.45) is 0 Å². The van der Waals surface area contributed by atoms with Crippen LogP contribution < -0.4 is 14.4 Å². The van der Waals surface area contributed by atoms with Gasteiger partial charge in [-0.25, -0.2) is 30.7 Å². The molecule has 0 spiro atoms. The quantitative estimate of drug-likeness (QED) is 0.0754. The molecular weight excluding hydrogens is 1190 g/mol. The van der Waals surface area contributed by atoms with Gasteiger partial charge in [0.2, 0.25) is 0 Å². The van der Waals surface area contributed by atoms with E-state index in [9.17, 15) is 4.39 Å². The molecule has 3 nitrogen and oxygen atoms in total. The first kappa shape index (κ1) is 58.6. The molecular formula is C84H52F7NO2. The number of benzene rings is 13. The van der Waals surface area contributed by atoms with Gasteiger partial charge in [0.15, 0.2) is 23.3 Å². The lowest BCUT2D eigenvalue weighted by molar-refractivity contribution is 0.463. The van der Waals surface area contributed by atoms with E-state index < -0.39 is 56.9 Å². The molecule has 0 N–H and O–H groups in total. The Bertz CT molecular complexity index is 4870. The second kappa shape index (κ2) is 23.5. The van der Waals surface area contributed by atoms with Crippen LogP contribution in [-0.2, 0) is 10.8 Å². The molecule has 13 aromatic carbocycles. The van der Waals surface area contributed by atoms with Crippen LogP contribution in [0.2, 0.25) is 0 Å². The SMILES string of the molecule is C=Cc1ccc(Oc2ccc(C3(c4c(F)ccc(F)c4F)c4ccccc4-c4ccc(N(c5ccc(-c6cccc(-c7ccc(F)cc7)c6)cc5)c5ccc6c(c5)C(c5ccc(Oc7ccc(C=C)cc7)cc5)(c5c(F)ccc(F)c5F)c5ccccc5-6)cc43)cc2)cc1. The van der Waals surface area contributed by atoms with Gasteiger partial charge in [0.1, 0.15) is 40.4 Å². The zero-order chi connectivity index (χ0) is 64.4. The topological polar surface area (TPSA) is 21.7 Å². The molecule has 0 aromatic heterocycles. The molecule has 94 heavy (non-hydrogen) atoms. The Morgan fingerprint density at radius 1 is 0.298 bits per heavy atom. The maximum Gasteiger partial charge on any atom is 0.166 e. The zero-order valence-electron chi connectivity index (χ0n) is 50.0. The van der Waals surface area contributed by atoms with E-state index in [1.54, 1.807) is 121 Å². The Morgan fingerprint density at radius 2 is 0.660 bits per heavy atom. The fourth-order valence-corrected chi connectivity index (χ4v) is 13.9. The number of anilines is 3. The average Bonchev–Trinajstić information content (AvgIpc) is 1.51. The third-order valence-corrected chi connectivity index (χ3v) is 18.2. The lowest BCUT2D eigenvalue weighted by Crippen LogP contribution is -2.32. The fourth-order valence-electron chi connectivity index (χ4n) is 13.9. The standard InChI is InChI=1S/C84H52F7NO2/c1-3-51-16-34-63(35-17-51)93-65-38-24-57(25-39-65)83(79-75(86)44-46-77(88)81(79)90)71-14-7-5-12-67(71)69-42-32-61(49-73(69)83)92(60-30-22-54(23-31-60)56-11-9-10-55(48-56)53-20-28-59(85)29-21-53)62-33-43-70-68-13-6-8-15-72(68)84(74(70)50-62,80-76(87)45-47-78(89)82(80)91)58-26-40-66(41-27-58)94-64-36-18-52(4-2)19-37-64/h3-50H,1-2H2. The minimum absolute atomic E-state index is 0.350. The highest BCUT2D eigenvalue weighted by Gasteiger charge is 2.52. The van der Waals surface area contributed by atoms with E-state index in [0.717, 1.165) is 57.6 Å². The van der Waals surface area contributed by atoms with Gasteiger partial charge in [0.05, 0.1) is 10.8 Å². The lowest BCUT2D eigenvalue weighted by atomic mass is 9.67. The van der Waals surface area contributed by atoms with Gasteiger partial charge in [0.25, 0.3) is 0 Å². The van der Waals surface area contributed by atoms with Crippen LogP contribution in [0.15, 0.2) is 292 Å². The van der Waals surface area contributed by atoms with Crippen LogP contribution in [0.4, 0.5) is 47.8 Å². The molecule has 10 heteroatoms. The molecule has 0 saturated heterocycles. The van der Waals surface area contributed by atoms with Crippen molar-refractivity contribution in [3.05, 3.63) is 389 Å². The normalized spacial score (nSPS) is 14.9. The minimum atomic E-state index is -1.86. The number of ether oxygens (including phenoxy) is 2. The van der Waals surface area contributed by atoms with Crippen LogP contribution >= 0.6 is 0 Å². The number of hydrogen-bond donors (Lipinski definition) is 0. The minimum Gasteiger partial charge on any atom is -0.457 e. The van der Waals surface area contributed by atoms with Crippen LogP contribution in [0, 0.1) is 40.7 Å². The summed E-state index contributed by atoms with van der Waals surface area (Å²) >= 11 is 0. The monoisotopic (exact) mass is 1240 g/mol. The Balaban J connectivity index is 0.958. The molecule has 0 fully saturated rings. The van der Waals surface area contributed by atoms with Gasteiger partial charge in [-0.15, -0.1) is 0 Å². The number of hydrogen-bond acceptors (Lipinski definition) is 3. The van der Waals surface area contributed by atoms with Crippen molar-refractivity contribution in [3.63, 3.8) is 0 Å². The van der Waals surface area contributed by atoms with Gasteiger partial charge in [-0.2, -0.15) is 0 Å². The molecule has 0 aliphatic heterocycles. The summed E-state index contributed by atoms with van der Waals surface area (Å²) in [7, 11) is 0. The maximum absolute atomic E-state index is 17.4. The first-order valence-corrected chi connectivity index (χ1v) is 30.4. The predicted molar refractivity (Wildman–Crippen MR) is 360 cm³/mol. The first-order chi connectivity index (χ1) is 45.8. The largest absolute Gasteiger partial charge is 0.457 e. The summed E-state index contributed by atoms with van der Waals surface area (Å²) in [5.74, 6) is -5.65. The number of nitrogens with zero attached hydrogens (tertiary/aromatic N) is 1. The summed E-state index contributed by atoms with van der Waals surface area (Å²) in [4.78, 5) is 1.94. The second-order valence-corrected chi connectivity index (χ2v) is 23.3. The third-order valence-electron chi connectivity index (χ3n) is 18.2. The number of halogens is 7. The van der Waals surface area contributed by atoms with Crippen LogP contribution in [0.25, 0.3) is 56.7 Å². The molecule has 0 radical (unpaired) electrons. The molecule has 0 amide bonds. The van der Waals surface area contributed by atoms with E-state index in [1.807, 2.05) is 138 Å². The van der Waals surface area contributed by atoms with Crippen LogP contribution in [0.5, 0.6) is 23.0 Å². The van der Waals surface area contributed by atoms with E-state index in [4.69, 9.17) is 9.47 Å². The molecule has 2 unspecified atom stereocenters. The zero-order valence-corrected chi connectivity index (χ0v) is 50.0. The number of fused-ring (bicyclic) bond motifs is 6. The second-order valence-electron chi connectivity index (χ2n) is 23.3. The van der Waals surface area contributed by atoms with Gasteiger partial charge < -0.3 is 14.4 Å². The smallest absolute Gasteiger partial charge is 0.166 e. The predicted octanol–water partition coefficient (Wildman–Crippen LogP) is 23.1. The van der Waals surface area contributed by atoms with Crippen LogP contribution in [0.3, 0.4) is 0 Å². The lowest BCUT2D eigenvalue weighted by Gasteiger charge is -2.36. The summed E-state index contributed by atoms with van der Waals surface area (Å²) in [5.41, 5.74) is 7.00. The summed E-state index contributed by atoms with van der Waals surface area (Å²) in [6.07, 6.45) is 3.44. The molecule has 0 saturated carbocycles. The average molecular weight is 1240 g/mol. The van der Waals surface area contributed by atoms with E-state index in [0.29, 0.717) is 95.7 Å². The molecule has 0 bridgehead atoms. The van der Waals surface area contributed by atoms with Gasteiger partial charge in [0, 0.05) is 28.2 Å². The van der Waals surface area contributed by atoms with E-state index in [2.05, 4.69) is 13.2 Å². The van der Waals surface area contributed by atoms with Gasteiger partial charge in [-0.3, -0.25) is 0 Å². The molecule has 13 aromatic rings. The molecule has 15 rings (SSSR count). The first-order valence-electron chi connectivity index (χ1n) is 30.4. The fraction of sp³-hybridized carbons (Fsp3) is 0.0238. The Labute approximate surface area is 538 Å². The molecule has 2 atom stereocenters. The highest BCUT2D eigenvalue weighted by molar-refractivity contribution is 5.93. The van der Waals surface area contributed by atoms with Crippen LogP contribution in [0.1, 0.15) is 55.6 Å². The Morgan fingerprint density at radius 3 is 1.07 bits per heavy atom. The summed E-state index contributed by atoms with van der Waals surface area (Å²) < 4.78 is 129. The highest BCUT2D eigenvalue weighted by atomic mass is 19.2. The highest BCUT2D eigenvalue weighted by Crippen LogP contribution is 2.61. The van der Waals surface area contributed by atoms with Gasteiger partial charge >= 0.3 is 0 Å². The van der Waals surface area contributed by atoms with Crippen molar-refractivity contribution >= 4 is 29.2 Å². The van der Waals surface area contributed by atoms with E-state index >= 15 is 26.3 Å². The molecule has 454 valence electrons. The van der Waals surface area contributed by atoms with Crippen molar-refractivity contribution in [1.82, 2.24) is 0 Å². The molecule has 2 aliphatic carbocycles. The maximum atomic E-state index is 17.4. The Kier molecular flexibility index (Phi) is 14.6. The van der Waals surface area contributed by atoms with Gasteiger partial charge in [-0.1, -0.05) is 177 Å². The van der Waals surface area contributed by atoms with Crippen molar-refractivity contribution in [2.75, 3.05) is 4.90 Å². The van der Waals surface area contributed by atoms with E-state index in [1.165, 1.54) is 12.1 Å². The Hall–Kier alpha value is -11.8. The third kappa shape index (κ3) is 9.67. The molecule has 0 heterocycles. The molecule has 2 aliphatic rings. The van der Waals surface area contributed by atoms with Crippen molar-refractivity contribution in [1.29, 1.82) is 0 Å². The van der Waals surface area contributed by atoms with E-state index in [-0.39, 0.29) is 5.82 Å². The summed E-state index contributed by atoms with van der Waals surface area (Å²) in [5, 5.41) is 0. The summed E-state index contributed by atoms with van der Waals surface area (Å²) in [6, 6.07) is 79.6. The van der Waals surface area contributed by atoms with Crippen molar-refractivity contribution in [3.8, 4) is 67.5 Å². The van der Waals surface area contributed by atoms with Crippen LogP contribution in [-0.4, -0.2) is 0 Å². The summed E-state index contributed by atoms with van der Waals surface area (Å²) in [6.45, 7) is 7.69. The van der Waals surface area contributed by atoms with Crippen molar-refractivity contribution in [2.45, 2.75) is 10.8 Å². The van der Waals surface area contributed by atoms with Gasteiger partial charge in [-0.05, 0) is 216 Å². The number of rotatable bonds is 15. The van der Waals surface area contributed by atoms with Crippen molar-refractivity contribution < 1.29 is 40.2 Å².